The minimum Gasteiger partial charge on any atom is -0.497 e. The van der Waals surface area contributed by atoms with Crippen LogP contribution in [0.5, 0.6) is 11.5 Å². The normalized spacial score (nSPS) is 15.5. The number of ketones is 1. The second kappa shape index (κ2) is 5.40. The minimum absolute atomic E-state index is 0.131. The lowest BCUT2D eigenvalue weighted by Crippen LogP contribution is -2.19. The van der Waals surface area contributed by atoms with Gasteiger partial charge in [0.1, 0.15) is 23.9 Å². The second-order valence-electron chi connectivity index (χ2n) is 4.67. The molecule has 1 aliphatic heterocycles. The summed E-state index contributed by atoms with van der Waals surface area (Å²) < 4.78 is 24.3. The molecule has 0 amide bonds. The van der Waals surface area contributed by atoms with Crippen molar-refractivity contribution in [1.82, 2.24) is 0 Å². The largest absolute Gasteiger partial charge is 0.497 e. The van der Waals surface area contributed by atoms with E-state index in [4.69, 9.17) is 9.47 Å². The van der Waals surface area contributed by atoms with Crippen LogP contribution in [0.4, 0.5) is 4.39 Å². The number of rotatable bonds is 2. The van der Waals surface area contributed by atoms with Crippen LogP contribution in [0, 0.1) is 5.82 Å². The molecule has 1 aliphatic rings. The van der Waals surface area contributed by atoms with Gasteiger partial charge in [-0.15, -0.1) is 0 Å². The third-order valence-corrected chi connectivity index (χ3v) is 3.34. The van der Waals surface area contributed by atoms with Crippen molar-refractivity contribution in [3.05, 3.63) is 65.0 Å². The van der Waals surface area contributed by atoms with Crippen molar-refractivity contribution in [2.75, 3.05) is 13.7 Å². The van der Waals surface area contributed by atoms with Crippen LogP contribution in [0.1, 0.15) is 15.9 Å². The summed E-state index contributed by atoms with van der Waals surface area (Å²) in [7, 11) is 1.53. The fourth-order valence-electron chi connectivity index (χ4n) is 2.22. The molecular formula is C17H13FO3. The summed E-state index contributed by atoms with van der Waals surface area (Å²) in [5.74, 6) is 0.567. The van der Waals surface area contributed by atoms with E-state index in [-0.39, 0.29) is 18.2 Å². The zero-order valence-corrected chi connectivity index (χ0v) is 11.4. The summed E-state index contributed by atoms with van der Waals surface area (Å²) in [6.45, 7) is 0.131. The van der Waals surface area contributed by atoms with E-state index >= 15 is 0 Å². The van der Waals surface area contributed by atoms with Crippen LogP contribution in [-0.2, 0) is 0 Å². The molecule has 3 nitrogen and oxygen atoms in total. The molecule has 2 aromatic rings. The van der Waals surface area contributed by atoms with E-state index in [1.165, 1.54) is 19.3 Å². The van der Waals surface area contributed by atoms with E-state index in [0.29, 0.717) is 28.2 Å². The zero-order chi connectivity index (χ0) is 14.8. The third kappa shape index (κ3) is 2.52. The summed E-state index contributed by atoms with van der Waals surface area (Å²) in [6, 6.07) is 11.4. The summed E-state index contributed by atoms with van der Waals surface area (Å²) in [4.78, 5) is 12.5. The number of benzene rings is 2. The van der Waals surface area contributed by atoms with Crippen molar-refractivity contribution in [2.24, 2.45) is 0 Å². The zero-order valence-electron chi connectivity index (χ0n) is 11.4. The number of methoxy groups -OCH3 is 1. The highest BCUT2D eigenvalue weighted by atomic mass is 19.1. The average molecular weight is 284 g/mol. The predicted molar refractivity (Wildman–Crippen MR) is 77.2 cm³/mol. The van der Waals surface area contributed by atoms with Gasteiger partial charge in [0.2, 0.25) is 0 Å². The van der Waals surface area contributed by atoms with Crippen molar-refractivity contribution in [2.45, 2.75) is 0 Å². The summed E-state index contributed by atoms with van der Waals surface area (Å²) in [5, 5.41) is 0. The van der Waals surface area contributed by atoms with Gasteiger partial charge in [0.25, 0.3) is 0 Å². The van der Waals surface area contributed by atoms with E-state index in [0.717, 1.165) is 0 Å². The second-order valence-corrected chi connectivity index (χ2v) is 4.67. The Morgan fingerprint density at radius 1 is 1.24 bits per heavy atom. The Hall–Kier alpha value is -2.62. The number of fused-ring (bicyclic) bond motifs is 1. The van der Waals surface area contributed by atoms with Gasteiger partial charge in [-0.1, -0.05) is 18.2 Å². The Labute approximate surface area is 121 Å². The molecular weight excluding hydrogens is 271 g/mol. The first-order valence-electron chi connectivity index (χ1n) is 6.49. The van der Waals surface area contributed by atoms with Gasteiger partial charge in [0.05, 0.1) is 12.7 Å². The van der Waals surface area contributed by atoms with Crippen LogP contribution in [-0.4, -0.2) is 19.5 Å². The van der Waals surface area contributed by atoms with E-state index in [2.05, 4.69) is 0 Å². The molecule has 0 unspecified atom stereocenters. The molecule has 0 aliphatic carbocycles. The molecule has 3 rings (SSSR count). The Morgan fingerprint density at radius 3 is 2.81 bits per heavy atom. The molecule has 21 heavy (non-hydrogen) atoms. The van der Waals surface area contributed by atoms with E-state index < -0.39 is 0 Å². The number of hydrogen-bond acceptors (Lipinski definition) is 3. The lowest BCUT2D eigenvalue weighted by molar-refractivity contribution is 0.100. The number of carbonyl (C=O) groups is 1. The fraction of sp³-hybridized carbons (Fsp3) is 0.118. The van der Waals surface area contributed by atoms with Crippen molar-refractivity contribution >= 4 is 11.9 Å². The van der Waals surface area contributed by atoms with Gasteiger partial charge in [-0.3, -0.25) is 4.79 Å². The molecule has 0 fully saturated rings. The molecule has 1 heterocycles. The quantitative estimate of drug-likeness (QED) is 0.792. The minimum atomic E-state index is -0.366. The van der Waals surface area contributed by atoms with Gasteiger partial charge in [-0.25, -0.2) is 4.39 Å². The molecule has 0 bridgehead atoms. The van der Waals surface area contributed by atoms with Crippen LogP contribution < -0.4 is 9.47 Å². The summed E-state index contributed by atoms with van der Waals surface area (Å²) in [6.07, 6.45) is 1.53. The van der Waals surface area contributed by atoms with Crippen molar-refractivity contribution < 1.29 is 18.7 Å². The predicted octanol–water partition coefficient (Wildman–Crippen LogP) is 3.49. The monoisotopic (exact) mass is 284 g/mol. The Balaban J connectivity index is 2.00. The maximum Gasteiger partial charge on any atom is 0.196 e. The molecule has 4 heteroatoms. The van der Waals surface area contributed by atoms with Gasteiger partial charge in [-0.05, 0) is 30.3 Å². The first-order valence-corrected chi connectivity index (χ1v) is 6.49. The molecule has 106 valence electrons. The van der Waals surface area contributed by atoms with Crippen LogP contribution in [0.3, 0.4) is 0 Å². The highest BCUT2D eigenvalue weighted by Gasteiger charge is 2.24. The highest BCUT2D eigenvalue weighted by Crippen LogP contribution is 2.31. The van der Waals surface area contributed by atoms with E-state index in [1.807, 2.05) is 0 Å². The maximum atomic E-state index is 13.7. The van der Waals surface area contributed by atoms with Crippen LogP contribution in [0.2, 0.25) is 0 Å². The Morgan fingerprint density at radius 2 is 2.05 bits per heavy atom. The van der Waals surface area contributed by atoms with Gasteiger partial charge < -0.3 is 9.47 Å². The number of ether oxygens (including phenoxy) is 2. The van der Waals surface area contributed by atoms with E-state index in [1.54, 1.807) is 36.4 Å². The average Bonchev–Trinajstić information content (AvgIpc) is 2.52. The topological polar surface area (TPSA) is 35.5 Å². The van der Waals surface area contributed by atoms with Crippen LogP contribution in [0.15, 0.2) is 48.0 Å². The SMILES string of the molecule is COc1ccc2c(c1)C(=O)/C(=C\c1ccccc1F)CO2. The van der Waals surface area contributed by atoms with Gasteiger partial charge in [0, 0.05) is 11.1 Å². The van der Waals surface area contributed by atoms with Gasteiger partial charge in [0.15, 0.2) is 5.78 Å². The molecule has 0 spiro atoms. The number of halogens is 1. The van der Waals surface area contributed by atoms with Crippen molar-refractivity contribution in [3.63, 3.8) is 0 Å². The van der Waals surface area contributed by atoms with Crippen LogP contribution in [0.25, 0.3) is 6.08 Å². The Kier molecular flexibility index (Phi) is 3.44. The number of Topliss-reactive ketones (excluding diaryl/α,β-unsaturated/α-hetero) is 1. The summed E-state index contributed by atoms with van der Waals surface area (Å²) >= 11 is 0. The molecule has 0 saturated heterocycles. The molecule has 0 aromatic heterocycles. The maximum absolute atomic E-state index is 13.7. The fourth-order valence-corrected chi connectivity index (χ4v) is 2.22. The molecule has 0 atom stereocenters. The Bertz CT molecular complexity index is 735. The number of carbonyl (C=O) groups excluding carboxylic acids is 1. The molecule has 2 aromatic carbocycles. The third-order valence-electron chi connectivity index (χ3n) is 3.34. The van der Waals surface area contributed by atoms with Gasteiger partial charge in [-0.2, -0.15) is 0 Å². The molecule has 0 radical (unpaired) electrons. The van der Waals surface area contributed by atoms with Crippen molar-refractivity contribution in [3.8, 4) is 11.5 Å². The van der Waals surface area contributed by atoms with Crippen molar-refractivity contribution in [1.29, 1.82) is 0 Å². The lowest BCUT2D eigenvalue weighted by Gasteiger charge is -2.19. The summed E-state index contributed by atoms with van der Waals surface area (Å²) in [5.41, 5.74) is 1.22. The first kappa shape index (κ1) is 13.4. The molecule has 0 saturated carbocycles. The van der Waals surface area contributed by atoms with Gasteiger partial charge >= 0.3 is 0 Å². The number of hydrogen-bond donors (Lipinski definition) is 0. The lowest BCUT2D eigenvalue weighted by atomic mass is 9.98. The van der Waals surface area contributed by atoms with E-state index in [9.17, 15) is 9.18 Å². The first-order chi connectivity index (χ1) is 10.2. The standard InChI is InChI=1S/C17H13FO3/c1-20-13-6-7-16-14(9-13)17(19)12(10-21-16)8-11-4-2-3-5-15(11)18/h2-9H,10H2,1H3/b12-8-. The smallest absolute Gasteiger partial charge is 0.196 e. The molecule has 0 N–H and O–H groups in total. The van der Waals surface area contributed by atoms with Crippen LogP contribution >= 0.6 is 0 Å². The highest BCUT2D eigenvalue weighted by molar-refractivity contribution is 6.14.